The molecule has 31 heavy (non-hydrogen) atoms. The largest absolute Gasteiger partial charge is 0.350 e. The number of primary amides is 1. The number of hydrogen-bond acceptors (Lipinski definition) is 6. The van der Waals surface area contributed by atoms with Crippen LogP contribution in [0.1, 0.15) is 5.69 Å². The van der Waals surface area contributed by atoms with Gasteiger partial charge in [-0.2, -0.15) is 9.78 Å². The predicted octanol–water partition coefficient (Wildman–Crippen LogP) is 3.84. The standard InChI is InChI=1S/C19H14Cl2N6O3S/c1-10-14-9-23-27(19(22)28)18(14)25-17(24-10)11-2-5-13(6-3-11)26-31(29,30)16-8-12(20)4-7-15(16)21/h2-9,26H,1H3,(H2,22,28). The number of carbonyl (C=O) groups excluding carboxylic acids is 1. The van der Waals surface area contributed by atoms with Crippen molar-refractivity contribution in [2.45, 2.75) is 11.8 Å². The van der Waals surface area contributed by atoms with Gasteiger partial charge in [0.1, 0.15) is 4.90 Å². The number of hydrogen-bond donors (Lipinski definition) is 2. The predicted molar refractivity (Wildman–Crippen MR) is 118 cm³/mol. The van der Waals surface area contributed by atoms with Gasteiger partial charge in [-0.15, -0.1) is 0 Å². The van der Waals surface area contributed by atoms with Crippen molar-refractivity contribution in [3.63, 3.8) is 0 Å². The first-order valence-corrected chi connectivity index (χ1v) is 11.0. The number of nitrogens with one attached hydrogen (secondary N) is 1. The number of fused-ring (bicyclic) bond motifs is 1. The fraction of sp³-hybridized carbons (Fsp3) is 0.0526. The summed E-state index contributed by atoms with van der Waals surface area (Å²) in [5.74, 6) is 0.334. The Labute approximate surface area is 186 Å². The van der Waals surface area contributed by atoms with Crippen molar-refractivity contribution in [1.29, 1.82) is 0 Å². The number of rotatable bonds is 4. The van der Waals surface area contributed by atoms with Crippen LogP contribution < -0.4 is 10.5 Å². The zero-order valence-electron chi connectivity index (χ0n) is 15.9. The summed E-state index contributed by atoms with van der Waals surface area (Å²) in [7, 11) is -3.95. The lowest BCUT2D eigenvalue weighted by molar-refractivity contribution is 0.248. The minimum atomic E-state index is -3.95. The molecule has 158 valence electrons. The van der Waals surface area contributed by atoms with E-state index in [1.54, 1.807) is 31.2 Å². The first-order chi connectivity index (χ1) is 14.7. The summed E-state index contributed by atoms with van der Waals surface area (Å²) in [5, 5.41) is 4.83. The van der Waals surface area contributed by atoms with E-state index < -0.39 is 16.1 Å². The van der Waals surface area contributed by atoms with Gasteiger partial charge in [-0.1, -0.05) is 23.2 Å². The molecular weight excluding hydrogens is 463 g/mol. The second-order valence-electron chi connectivity index (χ2n) is 6.52. The van der Waals surface area contributed by atoms with Gasteiger partial charge in [0.25, 0.3) is 10.0 Å². The summed E-state index contributed by atoms with van der Waals surface area (Å²) >= 11 is 11.9. The van der Waals surface area contributed by atoms with Gasteiger partial charge in [0.2, 0.25) is 0 Å². The van der Waals surface area contributed by atoms with Crippen LogP contribution in [0.3, 0.4) is 0 Å². The van der Waals surface area contributed by atoms with Gasteiger partial charge in [0, 0.05) is 16.3 Å². The molecule has 4 rings (SSSR count). The third kappa shape index (κ3) is 4.05. The highest BCUT2D eigenvalue weighted by Gasteiger charge is 2.19. The molecular formula is C19H14Cl2N6O3S. The molecule has 0 atom stereocenters. The number of amides is 1. The quantitative estimate of drug-likeness (QED) is 0.459. The van der Waals surface area contributed by atoms with Crippen molar-refractivity contribution in [1.82, 2.24) is 19.7 Å². The molecule has 0 aliphatic rings. The highest BCUT2D eigenvalue weighted by Crippen LogP contribution is 2.28. The van der Waals surface area contributed by atoms with E-state index in [0.29, 0.717) is 28.2 Å². The highest BCUT2D eigenvalue weighted by atomic mass is 35.5. The molecule has 2 heterocycles. The Morgan fingerprint density at radius 1 is 1.10 bits per heavy atom. The number of sulfonamides is 1. The van der Waals surface area contributed by atoms with E-state index >= 15 is 0 Å². The summed E-state index contributed by atoms with van der Waals surface area (Å²) in [6.07, 6.45) is 1.47. The van der Waals surface area contributed by atoms with Crippen LogP contribution in [-0.2, 0) is 10.0 Å². The smallest absolute Gasteiger partial charge is 0.341 e. The maximum atomic E-state index is 12.7. The molecule has 0 spiro atoms. The fourth-order valence-electron chi connectivity index (χ4n) is 2.92. The van der Waals surface area contributed by atoms with Crippen molar-refractivity contribution >= 4 is 56.0 Å². The molecule has 2 aromatic heterocycles. The second kappa shape index (κ2) is 7.80. The van der Waals surface area contributed by atoms with Crippen LogP contribution in [0.15, 0.2) is 53.6 Å². The summed E-state index contributed by atoms with van der Waals surface area (Å²) < 4.78 is 28.8. The Balaban J connectivity index is 1.66. The van der Waals surface area contributed by atoms with Gasteiger partial charge in [-0.05, 0) is 49.4 Å². The van der Waals surface area contributed by atoms with Crippen LogP contribution in [-0.4, -0.2) is 34.2 Å². The van der Waals surface area contributed by atoms with Crippen molar-refractivity contribution in [2.24, 2.45) is 5.73 Å². The fourth-order valence-corrected chi connectivity index (χ4v) is 4.74. The van der Waals surface area contributed by atoms with Crippen LogP contribution in [0, 0.1) is 6.92 Å². The average Bonchev–Trinajstić information content (AvgIpc) is 3.15. The molecule has 0 radical (unpaired) electrons. The van der Waals surface area contributed by atoms with Gasteiger partial charge in [0.05, 0.1) is 22.3 Å². The summed E-state index contributed by atoms with van der Waals surface area (Å²) in [5.41, 5.74) is 7.14. The van der Waals surface area contributed by atoms with E-state index in [1.165, 1.54) is 24.4 Å². The monoisotopic (exact) mass is 476 g/mol. The van der Waals surface area contributed by atoms with Gasteiger partial charge >= 0.3 is 6.03 Å². The lowest BCUT2D eigenvalue weighted by Crippen LogP contribution is -2.21. The zero-order chi connectivity index (χ0) is 22.3. The molecule has 0 unspecified atom stereocenters. The number of halogens is 2. The Morgan fingerprint density at radius 2 is 1.81 bits per heavy atom. The summed E-state index contributed by atoms with van der Waals surface area (Å²) in [4.78, 5) is 20.2. The molecule has 9 nitrogen and oxygen atoms in total. The Hall–Kier alpha value is -3.21. The molecule has 4 aromatic rings. The van der Waals surface area contributed by atoms with E-state index in [1.807, 2.05) is 0 Å². The maximum Gasteiger partial charge on any atom is 0.341 e. The number of benzene rings is 2. The van der Waals surface area contributed by atoms with E-state index in [0.717, 1.165) is 4.68 Å². The van der Waals surface area contributed by atoms with Crippen LogP contribution in [0.2, 0.25) is 10.0 Å². The van der Waals surface area contributed by atoms with Crippen molar-refractivity contribution in [3.8, 4) is 11.4 Å². The molecule has 3 N–H and O–H groups in total. The third-order valence-electron chi connectivity index (χ3n) is 4.41. The minimum Gasteiger partial charge on any atom is -0.350 e. The molecule has 0 fully saturated rings. The third-order valence-corrected chi connectivity index (χ3v) is 6.50. The van der Waals surface area contributed by atoms with Gasteiger partial charge in [-0.25, -0.2) is 23.2 Å². The molecule has 12 heteroatoms. The van der Waals surface area contributed by atoms with Gasteiger partial charge < -0.3 is 5.73 Å². The number of aryl methyl sites for hydroxylation is 1. The van der Waals surface area contributed by atoms with E-state index in [-0.39, 0.29) is 20.6 Å². The van der Waals surface area contributed by atoms with Crippen LogP contribution in [0.25, 0.3) is 22.4 Å². The van der Waals surface area contributed by atoms with Gasteiger partial charge in [0.15, 0.2) is 11.5 Å². The van der Waals surface area contributed by atoms with Crippen molar-refractivity contribution < 1.29 is 13.2 Å². The van der Waals surface area contributed by atoms with E-state index in [4.69, 9.17) is 28.9 Å². The first kappa shape index (κ1) is 21.0. The number of aromatic nitrogens is 4. The lowest BCUT2D eigenvalue weighted by Gasteiger charge is -2.10. The molecule has 0 saturated heterocycles. The normalized spacial score (nSPS) is 11.6. The SMILES string of the molecule is Cc1nc(-c2ccc(NS(=O)(=O)c3cc(Cl)ccc3Cl)cc2)nc2c1cnn2C(N)=O. The summed E-state index contributed by atoms with van der Waals surface area (Å²) in [6.45, 7) is 1.76. The van der Waals surface area contributed by atoms with E-state index in [9.17, 15) is 13.2 Å². The minimum absolute atomic E-state index is 0.0526. The summed E-state index contributed by atoms with van der Waals surface area (Å²) in [6, 6.07) is 9.82. The molecule has 2 aromatic carbocycles. The molecule has 0 aliphatic carbocycles. The Bertz CT molecular complexity index is 1440. The Kier molecular flexibility index (Phi) is 5.29. The number of carbonyl (C=O) groups is 1. The average molecular weight is 477 g/mol. The van der Waals surface area contributed by atoms with Crippen LogP contribution in [0.5, 0.6) is 0 Å². The van der Waals surface area contributed by atoms with Crippen molar-refractivity contribution in [2.75, 3.05) is 4.72 Å². The topological polar surface area (TPSA) is 133 Å². The van der Waals surface area contributed by atoms with E-state index in [2.05, 4.69) is 19.8 Å². The van der Waals surface area contributed by atoms with Gasteiger partial charge in [-0.3, -0.25) is 4.72 Å². The zero-order valence-corrected chi connectivity index (χ0v) is 18.2. The second-order valence-corrected chi connectivity index (χ2v) is 9.02. The number of nitrogens with zero attached hydrogens (tertiary/aromatic N) is 4. The lowest BCUT2D eigenvalue weighted by atomic mass is 10.2. The molecule has 1 amide bonds. The molecule has 0 aliphatic heterocycles. The maximum absolute atomic E-state index is 12.7. The number of anilines is 1. The molecule has 0 saturated carbocycles. The molecule has 0 bridgehead atoms. The van der Waals surface area contributed by atoms with Crippen LogP contribution >= 0.6 is 23.2 Å². The highest BCUT2D eigenvalue weighted by molar-refractivity contribution is 7.92. The first-order valence-electron chi connectivity index (χ1n) is 8.76. The Morgan fingerprint density at radius 3 is 2.48 bits per heavy atom. The number of nitrogens with two attached hydrogens (primary N) is 1. The van der Waals surface area contributed by atoms with Crippen LogP contribution in [0.4, 0.5) is 10.5 Å². The van der Waals surface area contributed by atoms with Crippen molar-refractivity contribution in [3.05, 3.63) is 64.4 Å².